The molecule has 2 aromatic rings. The lowest BCUT2D eigenvalue weighted by molar-refractivity contribution is -0.141. The Hall–Kier alpha value is -4.26. The summed E-state index contributed by atoms with van der Waals surface area (Å²) in [5.74, 6) is -4.51. The first-order valence-electron chi connectivity index (χ1n) is 10.7. The minimum Gasteiger partial charge on any atom is -0.481 e. The molecule has 13 nitrogen and oxygen atoms in total. The minimum atomic E-state index is -1.26. The molecular formula is C22H28N6O7. The SMILES string of the molecule is NC(CCC(=O)O)C(=O)NC(Cc1ccccc1)C(=O)NCC(=O)NC(Cc1cnc[nH]1)C(=O)O. The van der Waals surface area contributed by atoms with Crippen LogP contribution in [-0.2, 0) is 36.8 Å². The number of hydrogen-bond acceptors (Lipinski definition) is 7. The Morgan fingerprint density at radius 2 is 1.69 bits per heavy atom. The third kappa shape index (κ3) is 9.63. The average molecular weight is 489 g/mol. The molecule has 0 aliphatic heterocycles. The van der Waals surface area contributed by atoms with E-state index in [1.54, 1.807) is 30.3 Å². The molecule has 13 heteroatoms. The molecule has 2 rings (SSSR count). The summed E-state index contributed by atoms with van der Waals surface area (Å²) in [5, 5.41) is 25.3. The summed E-state index contributed by atoms with van der Waals surface area (Å²) >= 11 is 0. The normalized spacial score (nSPS) is 13.2. The van der Waals surface area contributed by atoms with Crippen molar-refractivity contribution in [2.24, 2.45) is 5.73 Å². The summed E-state index contributed by atoms with van der Waals surface area (Å²) in [7, 11) is 0. The molecule has 1 aromatic heterocycles. The molecule has 3 unspecified atom stereocenters. The number of carbonyl (C=O) groups excluding carboxylic acids is 3. The zero-order valence-electron chi connectivity index (χ0n) is 18.8. The number of amides is 3. The van der Waals surface area contributed by atoms with Crippen LogP contribution in [0.25, 0.3) is 0 Å². The number of nitrogens with zero attached hydrogens (tertiary/aromatic N) is 1. The van der Waals surface area contributed by atoms with E-state index in [2.05, 4.69) is 25.9 Å². The maximum Gasteiger partial charge on any atom is 0.326 e. The molecule has 1 aromatic carbocycles. The van der Waals surface area contributed by atoms with Crippen LogP contribution < -0.4 is 21.7 Å². The van der Waals surface area contributed by atoms with E-state index in [-0.39, 0.29) is 25.7 Å². The number of aromatic amines is 1. The predicted octanol–water partition coefficient (Wildman–Crippen LogP) is -1.44. The van der Waals surface area contributed by atoms with Gasteiger partial charge < -0.3 is 36.9 Å². The van der Waals surface area contributed by atoms with Crippen LogP contribution in [0, 0.1) is 0 Å². The fourth-order valence-electron chi connectivity index (χ4n) is 3.10. The Labute approximate surface area is 200 Å². The fraction of sp³-hybridized carbons (Fsp3) is 0.364. The Morgan fingerprint density at radius 1 is 0.971 bits per heavy atom. The zero-order valence-corrected chi connectivity index (χ0v) is 18.8. The second-order valence-corrected chi connectivity index (χ2v) is 7.75. The Morgan fingerprint density at radius 3 is 2.29 bits per heavy atom. The highest BCUT2D eigenvalue weighted by atomic mass is 16.4. The highest BCUT2D eigenvalue weighted by Gasteiger charge is 2.26. The summed E-state index contributed by atoms with van der Waals surface area (Å²) < 4.78 is 0. The monoisotopic (exact) mass is 488 g/mol. The third-order valence-corrected chi connectivity index (χ3v) is 4.96. The molecule has 0 aliphatic rings. The highest BCUT2D eigenvalue weighted by Crippen LogP contribution is 2.05. The second kappa shape index (κ2) is 13.4. The molecule has 8 N–H and O–H groups in total. The van der Waals surface area contributed by atoms with Gasteiger partial charge in [-0.05, 0) is 12.0 Å². The van der Waals surface area contributed by atoms with Crippen molar-refractivity contribution < 1.29 is 34.2 Å². The number of aliphatic carboxylic acids is 2. The molecule has 35 heavy (non-hydrogen) atoms. The van der Waals surface area contributed by atoms with E-state index < -0.39 is 54.3 Å². The molecule has 1 heterocycles. The van der Waals surface area contributed by atoms with E-state index in [0.29, 0.717) is 5.69 Å². The standard InChI is InChI=1S/C22H28N6O7/c23-15(6-7-19(30)31)20(32)28-16(8-13-4-2-1-3-5-13)21(33)25-11-18(29)27-17(22(34)35)9-14-10-24-12-26-14/h1-5,10,12,15-17H,6-9,11,23H2,(H,24,26)(H,25,33)(H,27,29)(H,28,32)(H,30,31)(H,34,35). The van der Waals surface area contributed by atoms with Crippen LogP contribution in [-0.4, -0.2) is 74.5 Å². The van der Waals surface area contributed by atoms with Gasteiger partial charge in [-0.15, -0.1) is 0 Å². The summed E-state index contributed by atoms with van der Waals surface area (Å²) in [6, 6.07) is 5.30. The number of imidazole rings is 1. The van der Waals surface area contributed by atoms with Crippen molar-refractivity contribution in [3.8, 4) is 0 Å². The van der Waals surface area contributed by atoms with E-state index in [9.17, 15) is 29.1 Å². The number of carbonyl (C=O) groups is 5. The quantitative estimate of drug-likeness (QED) is 0.165. The number of aromatic nitrogens is 2. The molecule has 0 fully saturated rings. The van der Waals surface area contributed by atoms with E-state index >= 15 is 0 Å². The Bertz CT molecular complexity index is 1010. The van der Waals surface area contributed by atoms with Gasteiger partial charge in [0.25, 0.3) is 0 Å². The minimum absolute atomic E-state index is 0.0318. The van der Waals surface area contributed by atoms with Crippen molar-refractivity contribution in [2.45, 2.75) is 43.8 Å². The lowest BCUT2D eigenvalue weighted by Crippen LogP contribution is -2.54. The third-order valence-electron chi connectivity index (χ3n) is 4.96. The molecule has 0 bridgehead atoms. The van der Waals surface area contributed by atoms with E-state index in [1.165, 1.54) is 12.5 Å². The Balaban J connectivity index is 1.98. The van der Waals surface area contributed by atoms with Crippen molar-refractivity contribution >= 4 is 29.7 Å². The number of hydrogen-bond donors (Lipinski definition) is 7. The van der Waals surface area contributed by atoms with Crippen LogP contribution in [0.1, 0.15) is 24.1 Å². The van der Waals surface area contributed by atoms with Gasteiger partial charge in [-0.25, -0.2) is 9.78 Å². The maximum atomic E-state index is 12.8. The largest absolute Gasteiger partial charge is 0.481 e. The summed E-state index contributed by atoms with van der Waals surface area (Å²) in [5.41, 5.74) is 6.96. The lowest BCUT2D eigenvalue weighted by Gasteiger charge is -2.21. The van der Waals surface area contributed by atoms with E-state index in [1.807, 2.05) is 0 Å². The number of nitrogens with two attached hydrogens (primary N) is 1. The zero-order chi connectivity index (χ0) is 25.8. The average Bonchev–Trinajstić information content (AvgIpc) is 3.33. The van der Waals surface area contributed by atoms with Crippen LogP contribution in [0.5, 0.6) is 0 Å². The number of nitrogens with one attached hydrogen (secondary N) is 4. The molecule has 3 amide bonds. The number of H-pyrrole nitrogens is 1. The molecule has 3 atom stereocenters. The molecule has 0 saturated heterocycles. The molecule has 0 aliphatic carbocycles. The van der Waals surface area contributed by atoms with Crippen LogP contribution >= 0.6 is 0 Å². The van der Waals surface area contributed by atoms with Crippen LogP contribution in [0.15, 0.2) is 42.9 Å². The van der Waals surface area contributed by atoms with Crippen LogP contribution in [0.3, 0.4) is 0 Å². The number of benzene rings is 1. The van der Waals surface area contributed by atoms with Crippen LogP contribution in [0.4, 0.5) is 0 Å². The van der Waals surface area contributed by atoms with Crippen molar-refractivity contribution in [3.63, 3.8) is 0 Å². The van der Waals surface area contributed by atoms with Gasteiger partial charge in [0.2, 0.25) is 17.7 Å². The number of rotatable bonds is 14. The summed E-state index contributed by atoms with van der Waals surface area (Å²) in [4.78, 5) is 66.2. The number of carboxylic acids is 2. The smallest absolute Gasteiger partial charge is 0.326 e. The van der Waals surface area contributed by atoms with Gasteiger partial charge in [-0.3, -0.25) is 19.2 Å². The van der Waals surface area contributed by atoms with Gasteiger partial charge in [0.1, 0.15) is 12.1 Å². The lowest BCUT2D eigenvalue weighted by atomic mass is 10.0. The first-order chi connectivity index (χ1) is 16.7. The van der Waals surface area contributed by atoms with E-state index in [0.717, 1.165) is 5.56 Å². The topological polar surface area (TPSA) is 217 Å². The van der Waals surface area contributed by atoms with E-state index in [4.69, 9.17) is 10.8 Å². The fourth-order valence-corrected chi connectivity index (χ4v) is 3.10. The first-order valence-corrected chi connectivity index (χ1v) is 10.7. The summed E-state index contributed by atoms with van der Waals surface area (Å²) in [6.07, 6.45) is 2.44. The number of carboxylic acid groups (broad SMARTS) is 2. The maximum absolute atomic E-state index is 12.8. The molecule has 188 valence electrons. The highest BCUT2D eigenvalue weighted by molar-refractivity contribution is 5.92. The predicted molar refractivity (Wildman–Crippen MR) is 122 cm³/mol. The Kier molecular flexibility index (Phi) is 10.4. The van der Waals surface area contributed by atoms with Gasteiger partial charge in [0.05, 0.1) is 18.9 Å². The second-order valence-electron chi connectivity index (χ2n) is 7.75. The van der Waals surface area contributed by atoms with Crippen LogP contribution in [0.2, 0.25) is 0 Å². The van der Waals surface area contributed by atoms with Gasteiger partial charge in [0, 0.05) is 31.2 Å². The van der Waals surface area contributed by atoms with Crippen molar-refractivity contribution in [1.82, 2.24) is 25.9 Å². The van der Waals surface area contributed by atoms with Crippen molar-refractivity contribution in [2.75, 3.05) is 6.54 Å². The van der Waals surface area contributed by atoms with Gasteiger partial charge >= 0.3 is 11.9 Å². The molecule has 0 saturated carbocycles. The van der Waals surface area contributed by atoms with Crippen molar-refractivity contribution in [1.29, 1.82) is 0 Å². The van der Waals surface area contributed by atoms with Gasteiger partial charge in [-0.1, -0.05) is 30.3 Å². The first kappa shape index (κ1) is 27.0. The van der Waals surface area contributed by atoms with Gasteiger partial charge in [0.15, 0.2) is 0 Å². The molecular weight excluding hydrogens is 460 g/mol. The van der Waals surface area contributed by atoms with Gasteiger partial charge in [-0.2, -0.15) is 0 Å². The molecule has 0 radical (unpaired) electrons. The molecule has 0 spiro atoms. The summed E-state index contributed by atoms with van der Waals surface area (Å²) in [6.45, 7) is -0.530. The van der Waals surface area contributed by atoms with Crippen molar-refractivity contribution in [3.05, 3.63) is 54.1 Å².